The van der Waals surface area contributed by atoms with Crippen molar-refractivity contribution < 1.29 is 14.9 Å². The first kappa shape index (κ1) is 11.1. The summed E-state index contributed by atoms with van der Waals surface area (Å²) in [5.41, 5.74) is 6.90. The van der Waals surface area contributed by atoms with Gasteiger partial charge in [0, 0.05) is 12.1 Å². The Bertz CT molecular complexity index is 552. The Hall–Kier alpha value is -2.36. The zero-order valence-corrected chi connectivity index (χ0v) is 9.34. The van der Waals surface area contributed by atoms with Gasteiger partial charge in [-0.2, -0.15) is 0 Å². The van der Waals surface area contributed by atoms with Crippen molar-refractivity contribution in [2.45, 2.75) is 6.92 Å². The minimum absolute atomic E-state index is 0.109. The van der Waals surface area contributed by atoms with E-state index in [1.54, 1.807) is 31.2 Å². The summed E-state index contributed by atoms with van der Waals surface area (Å²) in [5, 5.41) is 18.9. The van der Waals surface area contributed by atoms with Crippen LogP contribution in [0.5, 0.6) is 23.0 Å². The lowest BCUT2D eigenvalue weighted by Gasteiger charge is -2.10. The predicted octanol–water partition coefficient (Wildman–Crippen LogP) is 2.78. The van der Waals surface area contributed by atoms with Crippen LogP contribution < -0.4 is 10.5 Å². The van der Waals surface area contributed by atoms with Crippen LogP contribution >= 0.6 is 0 Å². The zero-order valence-electron chi connectivity index (χ0n) is 9.34. The van der Waals surface area contributed by atoms with E-state index in [4.69, 9.17) is 10.5 Å². The second-order valence-corrected chi connectivity index (χ2v) is 3.78. The summed E-state index contributed by atoms with van der Waals surface area (Å²) in [4.78, 5) is 0. The quantitative estimate of drug-likeness (QED) is 0.548. The molecule has 0 radical (unpaired) electrons. The summed E-state index contributed by atoms with van der Waals surface area (Å²) >= 11 is 0. The molecule has 0 aromatic heterocycles. The molecule has 2 aromatic rings. The highest BCUT2D eigenvalue weighted by Gasteiger charge is 2.06. The van der Waals surface area contributed by atoms with Gasteiger partial charge in [-0.05, 0) is 30.7 Å². The van der Waals surface area contributed by atoms with Gasteiger partial charge in [0.15, 0.2) is 5.75 Å². The number of hydrogen-bond donors (Lipinski definition) is 3. The number of hydrogen-bond acceptors (Lipinski definition) is 4. The zero-order chi connectivity index (χ0) is 12.4. The maximum Gasteiger partial charge on any atom is 0.154 e. The summed E-state index contributed by atoms with van der Waals surface area (Å²) in [7, 11) is 0. The van der Waals surface area contributed by atoms with Crippen LogP contribution in [0.3, 0.4) is 0 Å². The molecule has 2 rings (SSSR count). The number of benzene rings is 2. The van der Waals surface area contributed by atoms with Gasteiger partial charge in [-0.25, -0.2) is 0 Å². The van der Waals surface area contributed by atoms with E-state index in [9.17, 15) is 10.2 Å². The van der Waals surface area contributed by atoms with Gasteiger partial charge < -0.3 is 20.7 Å². The summed E-state index contributed by atoms with van der Waals surface area (Å²) < 4.78 is 5.48. The number of anilines is 1. The molecule has 2 aromatic carbocycles. The minimum Gasteiger partial charge on any atom is -0.508 e. The normalized spacial score (nSPS) is 10.2. The molecule has 0 heterocycles. The molecule has 0 atom stereocenters. The molecular formula is C13H13NO3. The molecule has 0 aliphatic rings. The van der Waals surface area contributed by atoms with Crippen LogP contribution in [0, 0.1) is 6.92 Å². The van der Waals surface area contributed by atoms with Crippen molar-refractivity contribution in [2.24, 2.45) is 0 Å². The molecule has 0 aliphatic carbocycles. The van der Waals surface area contributed by atoms with Gasteiger partial charge >= 0.3 is 0 Å². The van der Waals surface area contributed by atoms with Crippen LogP contribution in [-0.4, -0.2) is 10.2 Å². The topological polar surface area (TPSA) is 75.7 Å². The van der Waals surface area contributed by atoms with Crippen molar-refractivity contribution in [3.8, 4) is 23.0 Å². The van der Waals surface area contributed by atoms with E-state index in [0.29, 0.717) is 22.7 Å². The van der Waals surface area contributed by atoms with Gasteiger partial charge in [0.2, 0.25) is 0 Å². The number of nitrogen functional groups attached to an aromatic ring is 1. The molecule has 0 saturated heterocycles. The van der Waals surface area contributed by atoms with Crippen molar-refractivity contribution in [2.75, 3.05) is 5.73 Å². The Morgan fingerprint density at radius 2 is 1.88 bits per heavy atom. The highest BCUT2D eigenvalue weighted by atomic mass is 16.5. The summed E-state index contributed by atoms with van der Waals surface area (Å²) in [6.45, 7) is 1.75. The van der Waals surface area contributed by atoms with E-state index in [1.807, 2.05) is 0 Å². The van der Waals surface area contributed by atoms with E-state index >= 15 is 0 Å². The van der Waals surface area contributed by atoms with Gasteiger partial charge in [-0.15, -0.1) is 0 Å². The standard InChI is InChI=1S/C13H13NO3/c1-8-5-11(14)13(7-12(8)16)17-10-4-2-3-9(15)6-10/h2-7,15-16H,14H2,1H3. The molecule has 0 fully saturated rings. The fourth-order valence-corrected chi connectivity index (χ4v) is 1.46. The monoisotopic (exact) mass is 231 g/mol. The third kappa shape index (κ3) is 2.42. The molecule has 0 aliphatic heterocycles. The molecule has 0 unspecified atom stereocenters. The van der Waals surface area contributed by atoms with Crippen molar-refractivity contribution in [3.63, 3.8) is 0 Å². The van der Waals surface area contributed by atoms with Gasteiger partial charge in [0.1, 0.15) is 17.2 Å². The fourth-order valence-electron chi connectivity index (χ4n) is 1.46. The molecule has 4 nitrogen and oxygen atoms in total. The number of aromatic hydroxyl groups is 2. The van der Waals surface area contributed by atoms with Crippen molar-refractivity contribution >= 4 is 5.69 Å². The van der Waals surface area contributed by atoms with Crippen LogP contribution in [-0.2, 0) is 0 Å². The highest BCUT2D eigenvalue weighted by Crippen LogP contribution is 2.33. The van der Waals surface area contributed by atoms with Crippen LogP contribution in [0.25, 0.3) is 0 Å². The van der Waals surface area contributed by atoms with E-state index < -0.39 is 0 Å². The molecule has 0 bridgehead atoms. The SMILES string of the molecule is Cc1cc(N)c(Oc2cccc(O)c2)cc1O. The third-order valence-corrected chi connectivity index (χ3v) is 2.37. The second kappa shape index (κ2) is 4.25. The van der Waals surface area contributed by atoms with Crippen molar-refractivity contribution in [1.29, 1.82) is 0 Å². The molecule has 0 amide bonds. The average Bonchev–Trinajstić information content (AvgIpc) is 2.26. The summed E-state index contributed by atoms with van der Waals surface area (Å²) in [6, 6.07) is 9.45. The Balaban J connectivity index is 2.33. The molecule has 4 N–H and O–H groups in total. The Morgan fingerprint density at radius 3 is 2.59 bits per heavy atom. The largest absolute Gasteiger partial charge is 0.508 e. The summed E-state index contributed by atoms with van der Waals surface area (Å²) in [6.07, 6.45) is 0. The first-order valence-electron chi connectivity index (χ1n) is 5.12. The molecule has 0 spiro atoms. The van der Waals surface area contributed by atoms with E-state index in [-0.39, 0.29) is 11.5 Å². The first-order valence-corrected chi connectivity index (χ1v) is 5.12. The van der Waals surface area contributed by atoms with E-state index in [1.165, 1.54) is 12.1 Å². The van der Waals surface area contributed by atoms with Gasteiger partial charge in [-0.1, -0.05) is 6.07 Å². The Labute approximate surface area is 98.9 Å². The van der Waals surface area contributed by atoms with Crippen LogP contribution in [0.1, 0.15) is 5.56 Å². The average molecular weight is 231 g/mol. The van der Waals surface area contributed by atoms with Crippen LogP contribution in [0.15, 0.2) is 36.4 Å². The minimum atomic E-state index is 0.109. The number of phenols is 2. The molecule has 88 valence electrons. The Kier molecular flexibility index (Phi) is 2.78. The predicted molar refractivity (Wildman–Crippen MR) is 65.4 cm³/mol. The molecular weight excluding hydrogens is 218 g/mol. The van der Waals surface area contributed by atoms with Crippen LogP contribution in [0.2, 0.25) is 0 Å². The van der Waals surface area contributed by atoms with E-state index in [0.717, 1.165) is 0 Å². The number of ether oxygens (including phenoxy) is 1. The number of aryl methyl sites for hydroxylation is 1. The maximum absolute atomic E-state index is 9.57. The van der Waals surface area contributed by atoms with Gasteiger partial charge in [0.25, 0.3) is 0 Å². The lowest BCUT2D eigenvalue weighted by atomic mass is 10.2. The fraction of sp³-hybridized carbons (Fsp3) is 0.0769. The molecule has 0 saturated carbocycles. The first-order chi connectivity index (χ1) is 8.06. The lowest BCUT2D eigenvalue weighted by molar-refractivity contribution is 0.446. The number of nitrogens with two attached hydrogens (primary N) is 1. The van der Waals surface area contributed by atoms with Gasteiger partial charge in [0.05, 0.1) is 5.69 Å². The summed E-state index contributed by atoms with van der Waals surface area (Å²) in [5.74, 6) is 1.05. The van der Waals surface area contributed by atoms with Crippen molar-refractivity contribution in [3.05, 3.63) is 42.0 Å². The smallest absolute Gasteiger partial charge is 0.154 e. The molecule has 17 heavy (non-hydrogen) atoms. The second-order valence-electron chi connectivity index (χ2n) is 3.78. The maximum atomic E-state index is 9.57. The molecule has 4 heteroatoms. The third-order valence-electron chi connectivity index (χ3n) is 2.37. The van der Waals surface area contributed by atoms with Crippen molar-refractivity contribution in [1.82, 2.24) is 0 Å². The number of phenolic OH excluding ortho intramolecular Hbond substituents is 2. The number of rotatable bonds is 2. The Morgan fingerprint density at radius 1 is 1.12 bits per heavy atom. The van der Waals surface area contributed by atoms with Crippen LogP contribution in [0.4, 0.5) is 5.69 Å². The highest BCUT2D eigenvalue weighted by molar-refractivity contribution is 5.59. The van der Waals surface area contributed by atoms with E-state index in [2.05, 4.69) is 0 Å². The lowest BCUT2D eigenvalue weighted by Crippen LogP contribution is -1.93. The van der Waals surface area contributed by atoms with Gasteiger partial charge in [-0.3, -0.25) is 0 Å².